The smallest absolute Gasteiger partial charge is 0.231 e. The van der Waals surface area contributed by atoms with Gasteiger partial charge in [0.05, 0.1) is 0 Å². The van der Waals surface area contributed by atoms with Crippen LogP contribution in [0.2, 0.25) is 0 Å². The van der Waals surface area contributed by atoms with E-state index in [9.17, 15) is 0 Å². The molecule has 0 aliphatic carbocycles. The summed E-state index contributed by atoms with van der Waals surface area (Å²) in [5, 5.41) is 6.87. The minimum Gasteiger partial charge on any atom is -0.347 e. The Morgan fingerprint density at radius 1 is 1.40 bits per heavy atom. The number of rotatable bonds is 2. The second-order valence-corrected chi connectivity index (χ2v) is 3.63. The van der Waals surface area contributed by atoms with Gasteiger partial charge in [-0.15, -0.1) is 5.10 Å². The fourth-order valence-corrected chi connectivity index (χ4v) is 1.50. The molecule has 2 aromatic heterocycles. The monoisotopic (exact) mass is 221 g/mol. The molecular formula is C9H11N5S. The van der Waals surface area contributed by atoms with Gasteiger partial charge in [-0.2, -0.15) is 0 Å². The minimum absolute atomic E-state index is 0.539. The van der Waals surface area contributed by atoms with E-state index in [1.54, 1.807) is 10.8 Å². The zero-order valence-electron chi connectivity index (χ0n) is 8.51. The molecule has 6 heteroatoms. The number of hydrogen-bond acceptors (Lipinski definition) is 4. The molecule has 0 atom stereocenters. The quantitative estimate of drug-likeness (QED) is 0.779. The van der Waals surface area contributed by atoms with Gasteiger partial charge in [-0.05, 0) is 24.4 Å². The van der Waals surface area contributed by atoms with Crippen LogP contribution in [0, 0.1) is 4.77 Å². The van der Waals surface area contributed by atoms with E-state index in [1.807, 2.05) is 37.2 Å². The van der Waals surface area contributed by atoms with Crippen LogP contribution in [-0.4, -0.2) is 33.8 Å². The van der Waals surface area contributed by atoms with Crippen LogP contribution >= 0.6 is 12.2 Å². The van der Waals surface area contributed by atoms with Crippen molar-refractivity contribution in [3.8, 4) is 5.82 Å². The molecule has 0 radical (unpaired) electrons. The third-order valence-electron chi connectivity index (χ3n) is 1.93. The molecular weight excluding hydrogens is 210 g/mol. The normalized spacial score (nSPS) is 10.3. The molecule has 1 N–H and O–H groups in total. The van der Waals surface area contributed by atoms with Crippen molar-refractivity contribution in [1.82, 2.24) is 19.7 Å². The van der Waals surface area contributed by atoms with Crippen LogP contribution in [0.15, 0.2) is 24.4 Å². The topological polar surface area (TPSA) is 49.7 Å². The van der Waals surface area contributed by atoms with Gasteiger partial charge in [-0.3, -0.25) is 0 Å². The average molecular weight is 221 g/mol. The molecule has 0 bridgehead atoms. The second kappa shape index (κ2) is 3.82. The molecule has 0 saturated heterocycles. The average Bonchev–Trinajstić information content (AvgIpc) is 2.61. The van der Waals surface area contributed by atoms with Crippen LogP contribution in [-0.2, 0) is 0 Å². The highest BCUT2D eigenvalue weighted by atomic mass is 32.1. The van der Waals surface area contributed by atoms with Gasteiger partial charge in [0.2, 0.25) is 10.7 Å². The SMILES string of the molecule is CN(C)c1n[nH]c(=S)n1-c1ccccn1. The maximum Gasteiger partial charge on any atom is 0.231 e. The van der Waals surface area contributed by atoms with E-state index in [0.717, 1.165) is 11.8 Å². The Bertz CT molecular complexity index is 499. The first-order valence-corrected chi connectivity index (χ1v) is 4.87. The van der Waals surface area contributed by atoms with Gasteiger partial charge in [-0.1, -0.05) is 6.07 Å². The van der Waals surface area contributed by atoms with Crippen LogP contribution < -0.4 is 4.90 Å². The number of aromatic amines is 1. The summed E-state index contributed by atoms with van der Waals surface area (Å²) < 4.78 is 2.33. The largest absolute Gasteiger partial charge is 0.347 e. The number of anilines is 1. The molecule has 0 spiro atoms. The van der Waals surface area contributed by atoms with Gasteiger partial charge >= 0.3 is 0 Å². The van der Waals surface area contributed by atoms with Gasteiger partial charge in [-0.25, -0.2) is 14.6 Å². The van der Waals surface area contributed by atoms with E-state index >= 15 is 0 Å². The molecule has 0 aliphatic heterocycles. The van der Waals surface area contributed by atoms with Crippen molar-refractivity contribution in [2.75, 3.05) is 19.0 Å². The molecule has 0 fully saturated rings. The molecule has 2 heterocycles. The molecule has 5 nitrogen and oxygen atoms in total. The summed E-state index contributed by atoms with van der Waals surface area (Å²) in [7, 11) is 3.81. The van der Waals surface area contributed by atoms with Crippen molar-refractivity contribution < 1.29 is 0 Å². The van der Waals surface area contributed by atoms with Crippen LogP contribution in [0.4, 0.5) is 5.95 Å². The number of nitrogens with zero attached hydrogens (tertiary/aromatic N) is 4. The lowest BCUT2D eigenvalue weighted by Crippen LogP contribution is -2.15. The van der Waals surface area contributed by atoms with Gasteiger partial charge in [0.1, 0.15) is 5.82 Å². The van der Waals surface area contributed by atoms with Crippen molar-refractivity contribution in [2.24, 2.45) is 0 Å². The van der Waals surface area contributed by atoms with Crippen molar-refractivity contribution in [3.63, 3.8) is 0 Å². The summed E-state index contributed by atoms with van der Waals surface area (Å²) in [6.45, 7) is 0. The Morgan fingerprint density at radius 2 is 2.20 bits per heavy atom. The van der Waals surface area contributed by atoms with Crippen LogP contribution in [0.3, 0.4) is 0 Å². The lowest BCUT2D eigenvalue weighted by Gasteiger charge is -2.11. The van der Waals surface area contributed by atoms with Crippen molar-refractivity contribution >= 4 is 18.2 Å². The van der Waals surface area contributed by atoms with Crippen LogP contribution in [0.1, 0.15) is 0 Å². The van der Waals surface area contributed by atoms with Crippen molar-refractivity contribution in [1.29, 1.82) is 0 Å². The summed E-state index contributed by atoms with van der Waals surface area (Å²) in [4.78, 5) is 6.11. The first-order chi connectivity index (χ1) is 7.20. The third-order valence-corrected chi connectivity index (χ3v) is 2.21. The molecule has 0 aromatic carbocycles. The summed E-state index contributed by atoms with van der Waals surface area (Å²) in [6, 6.07) is 5.66. The lowest BCUT2D eigenvalue weighted by molar-refractivity contribution is 0.919. The Balaban J connectivity index is 2.62. The summed E-state index contributed by atoms with van der Waals surface area (Å²) >= 11 is 5.15. The zero-order valence-corrected chi connectivity index (χ0v) is 9.32. The molecule has 2 rings (SSSR count). The van der Waals surface area contributed by atoms with E-state index in [-0.39, 0.29) is 0 Å². The highest BCUT2D eigenvalue weighted by molar-refractivity contribution is 7.71. The summed E-state index contributed by atoms with van der Waals surface area (Å²) in [6.07, 6.45) is 1.73. The van der Waals surface area contributed by atoms with Crippen LogP contribution in [0.5, 0.6) is 0 Å². The first-order valence-electron chi connectivity index (χ1n) is 4.46. The maximum atomic E-state index is 5.15. The van der Waals surface area contributed by atoms with E-state index < -0.39 is 0 Å². The Morgan fingerprint density at radius 3 is 2.80 bits per heavy atom. The zero-order chi connectivity index (χ0) is 10.8. The Labute approximate surface area is 92.4 Å². The van der Waals surface area contributed by atoms with Gasteiger partial charge in [0.25, 0.3) is 0 Å². The molecule has 0 aliphatic rings. The van der Waals surface area contributed by atoms with Gasteiger partial charge in [0, 0.05) is 20.3 Å². The second-order valence-electron chi connectivity index (χ2n) is 3.25. The molecule has 2 aromatic rings. The number of nitrogens with one attached hydrogen (secondary N) is 1. The number of aromatic nitrogens is 4. The van der Waals surface area contributed by atoms with Crippen LogP contribution in [0.25, 0.3) is 5.82 Å². The number of pyridine rings is 1. The molecule has 15 heavy (non-hydrogen) atoms. The highest BCUT2D eigenvalue weighted by Crippen LogP contribution is 2.13. The first kappa shape index (κ1) is 9.85. The molecule has 0 amide bonds. The van der Waals surface area contributed by atoms with Crippen molar-refractivity contribution in [2.45, 2.75) is 0 Å². The lowest BCUT2D eigenvalue weighted by atomic mass is 10.4. The van der Waals surface area contributed by atoms with E-state index in [1.165, 1.54) is 0 Å². The van der Waals surface area contributed by atoms with Gasteiger partial charge in [0.15, 0.2) is 0 Å². The number of hydrogen-bond donors (Lipinski definition) is 1. The molecule has 0 saturated carbocycles. The predicted molar refractivity (Wildman–Crippen MR) is 60.9 cm³/mol. The fraction of sp³-hybridized carbons (Fsp3) is 0.222. The summed E-state index contributed by atoms with van der Waals surface area (Å²) in [5.41, 5.74) is 0. The van der Waals surface area contributed by atoms with E-state index in [0.29, 0.717) is 4.77 Å². The molecule has 78 valence electrons. The Hall–Kier alpha value is -1.69. The number of H-pyrrole nitrogens is 1. The third kappa shape index (κ3) is 1.75. The standard InChI is InChI=1S/C9H11N5S/c1-13(2)8-11-12-9(15)14(8)7-5-3-4-6-10-7/h3-6H,1-2H3,(H,12,15). The van der Waals surface area contributed by atoms with Crippen molar-refractivity contribution in [3.05, 3.63) is 29.2 Å². The molecule has 0 unspecified atom stereocenters. The Kier molecular flexibility index (Phi) is 2.51. The van der Waals surface area contributed by atoms with Gasteiger partial charge < -0.3 is 4.90 Å². The fourth-order valence-electron chi connectivity index (χ4n) is 1.28. The minimum atomic E-state index is 0.539. The highest BCUT2D eigenvalue weighted by Gasteiger charge is 2.09. The summed E-state index contributed by atoms with van der Waals surface area (Å²) in [5.74, 6) is 1.50. The van der Waals surface area contributed by atoms with E-state index in [2.05, 4.69) is 15.2 Å². The predicted octanol–water partition coefficient (Wildman–Crippen LogP) is 1.39. The maximum absolute atomic E-state index is 5.15. The van der Waals surface area contributed by atoms with E-state index in [4.69, 9.17) is 12.2 Å².